The number of carbonyl (C=O) groups is 1. The zero-order chi connectivity index (χ0) is 15.0. The number of rotatable bonds is 2. The molecule has 0 aliphatic heterocycles. The van der Waals surface area contributed by atoms with Gasteiger partial charge in [0.25, 0.3) is 5.91 Å². The van der Waals surface area contributed by atoms with Gasteiger partial charge in [0, 0.05) is 11.1 Å². The number of anilines is 2. The van der Waals surface area contributed by atoms with Crippen LogP contribution in [0.4, 0.5) is 11.4 Å². The molecule has 3 rings (SSSR count). The summed E-state index contributed by atoms with van der Waals surface area (Å²) in [5.41, 5.74) is 8.69. The van der Waals surface area contributed by atoms with Gasteiger partial charge < -0.3 is 11.1 Å². The molecule has 1 amide bonds. The Hall–Kier alpha value is -2.60. The monoisotopic (exact) mass is 301 g/mol. The Bertz CT molecular complexity index is 842. The topological polar surface area (TPSA) is 96.7 Å². The number of benzene rings is 1. The van der Waals surface area contributed by atoms with Crippen LogP contribution in [0.2, 0.25) is 5.15 Å². The van der Waals surface area contributed by atoms with Crippen molar-refractivity contribution >= 4 is 39.8 Å². The molecule has 0 unspecified atom stereocenters. The van der Waals surface area contributed by atoms with Gasteiger partial charge in [-0.15, -0.1) is 0 Å². The highest BCUT2D eigenvalue weighted by atomic mass is 35.5. The number of aromatic nitrogens is 3. The van der Waals surface area contributed by atoms with E-state index in [0.717, 1.165) is 11.1 Å². The Kier molecular flexibility index (Phi) is 3.23. The van der Waals surface area contributed by atoms with E-state index in [9.17, 15) is 4.79 Å². The molecule has 21 heavy (non-hydrogen) atoms. The molecular formula is C14H12ClN5O. The second-order valence-corrected chi connectivity index (χ2v) is 5.02. The minimum Gasteiger partial charge on any atom is -0.399 e. The van der Waals surface area contributed by atoms with Crippen LogP contribution in [0, 0.1) is 6.92 Å². The van der Waals surface area contributed by atoms with Crippen molar-refractivity contribution in [2.75, 3.05) is 11.1 Å². The number of fused-ring (bicyclic) bond motifs is 1. The summed E-state index contributed by atoms with van der Waals surface area (Å²) in [5.74, 6) is -0.338. The minimum atomic E-state index is -0.338. The summed E-state index contributed by atoms with van der Waals surface area (Å²) in [6, 6.07) is 6.98. The Balaban J connectivity index is 1.93. The summed E-state index contributed by atoms with van der Waals surface area (Å²) in [7, 11) is 0. The average Bonchev–Trinajstić information content (AvgIpc) is 2.86. The van der Waals surface area contributed by atoms with E-state index in [1.54, 1.807) is 24.3 Å². The second kappa shape index (κ2) is 5.06. The van der Waals surface area contributed by atoms with Crippen LogP contribution in [0.15, 0.2) is 30.5 Å². The second-order valence-electron chi connectivity index (χ2n) is 4.66. The van der Waals surface area contributed by atoms with Gasteiger partial charge in [0.15, 0.2) is 5.69 Å². The number of hydrogen-bond donors (Lipinski definition) is 3. The van der Waals surface area contributed by atoms with E-state index in [-0.39, 0.29) is 11.6 Å². The predicted molar refractivity (Wildman–Crippen MR) is 82.4 cm³/mol. The molecule has 0 spiro atoms. The van der Waals surface area contributed by atoms with Crippen molar-refractivity contribution in [2.45, 2.75) is 6.92 Å². The molecule has 0 radical (unpaired) electrons. The Morgan fingerprint density at radius 2 is 2.19 bits per heavy atom. The van der Waals surface area contributed by atoms with Crippen molar-refractivity contribution in [2.24, 2.45) is 0 Å². The zero-order valence-electron chi connectivity index (χ0n) is 11.1. The molecule has 0 fully saturated rings. The maximum atomic E-state index is 12.3. The smallest absolute Gasteiger partial charge is 0.276 e. The van der Waals surface area contributed by atoms with Gasteiger partial charge >= 0.3 is 0 Å². The molecule has 3 aromatic rings. The molecule has 7 heteroatoms. The summed E-state index contributed by atoms with van der Waals surface area (Å²) in [6.07, 6.45) is 1.50. The molecule has 2 heterocycles. The van der Waals surface area contributed by atoms with Gasteiger partial charge in [-0.3, -0.25) is 9.89 Å². The first-order valence-corrected chi connectivity index (χ1v) is 6.59. The summed E-state index contributed by atoms with van der Waals surface area (Å²) in [4.78, 5) is 16.3. The van der Waals surface area contributed by atoms with Gasteiger partial charge in [-0.05, 0) is 36.8 Å². The number of pyridine rings is 1. The van der Waals surface area contributed by atoms with Crippen LogP contribution >= 0.6 is 11.6 Å². The number of nitrogens with zero attached hydrogens (tertiary/aromatic N) is 2. The molecule has 0 saturated heterocycles. The average molecular weight is 302 g/mol. The molecule has 2 aromatic heterocycles. The lowest BCUT2D eigenvalue weighted by Gasteiger charge is -2.05. The molecule has 0 atom stereocenters. The lowest BCUT2D eigenvalue weighted by molar-refractivity contribution is 0.102. The fraction of sp³-hybridized carbons (Fsp3) is 0.0714. The van der Waals surface area contributed by atoms with Crippen LogP contribution in [0.1, 0.15) is 16.1 Å². The largest absolute Gasteiger partial charge is 0.399 e. The van der Waals surface area contributed by atoms with Crippen LogP contribution in [-0.4, -0.2) is 21.1 Å². The number of aryl methyl sites for hydroxylation is 1. The molecule has 0 aliphatic carbocycles. The number of nitrogens with two attached hydrogens (primary N) is 1. The van der Waals surface area contributed by atoms with Crippen LogP contribution in [-0.2, 0) is 0 Å². The number of aromatic amines is 1. The number of hydrogen-bond acceptors (Lipinski definition) is 4. The van der Waals surface area contributed by atoms with Crippen LogP contribution in [0.3, 0.4) is 0 Å². The number of nitrogen functional groups attached to an aromatic ring is 1. The highest BCUT2D eigenvalue weighted by Gasteiger charge is 2.15. The highest BCUT2D eigenvalue weighted by Crippen LogP contribution is 2.21. The van der Waals surface area contributed by atoms with E-state index in [4.69, 9.17) is 17.3 Å². The summed E-state index contributed by atoms with van der Waals surface area (Å²) >= 11 is 5.86. The van der Waals surface area contributed by atoms with E-state index < -0.39 is 0 Å². The molecule has 106 valence electrons. The summed E-state index contributed by atoms with van der Waals surface area (Å²) < 4.78 is 0. The van der Waals surface area contributed by atoms with Crippen molar-refractivity contribution in [3.8, 4) is 0 Å². The van der Waals surface area contributed by atoms with Crippen molar-refractivity contribution in [3.05, 3.63) is 46.9 Å². The summed E-state index contributed by atoms with van der Waals surface area (Å²) in [5, 5.41) is 10.7. The number of halogens is 1. The molecule has 0 bridgehead atoms. The lowest BCUT2D eigenvalue weighted by Crippen LogP contribution is -2.13. The number of carbonyl (C=O) groups excluding carboxylic acids is 1. The first kappa shape index (κ1) is 13.4. The number of H-pyrrole nitrogens is 1. The van der Waals surface area contributed by atoms with Crippen molar-refractivity contribution in [3.63, 3.8) is 0 Å². The zero-order valence-corrected chi connectivity index (χ0v) is 11.9. The van der Waals surface area contributed by atoms with Crippen LogP contribution < -0.4 is 11.1 Å². The Labute approximate surface area is 125 Å². The Morgan fingerprint density at radius 3 is 2.95 bits per heavy atom. The first-order chi connectivity index (χ1) is 10.0. The first-order valence-electron chi connectivity index (χ1n) is 6.21. The highest BCUT2D eigenvalue weighted by molar-refractivity contribution is 6.30. The molecule has 1 aromatic carbocycles. The standard InChI is InChI=1S/C14H12ClN5O/c1-7-4-9(6-17-13(7)15)18-14(21)12-10-5-8(16)2-3-11(10)19-20-12/h2-6H,16H2,1H3,(H,18,21)(H,19,20). The normalized spacial score (nSPS) is 10.8. The van der Waals surface area contributed by atoms with Gasteiger partial charge in [-0.2, -0.15) is 5.10 Å². The third-order valence-corrected chi connectivity index (χ3v) is 3.47. The number of amides is 1. The van der Waals surface area contributed by atoms with Crippen molar-refractivity contribution < 1.29 is 4.79 Å². The molecular weight excluding hydrogens is 290 g/mol. The van der Waals surface area contributed by atoms with Crippen molar-refractivity contribution in [1.82, 2.24) is 15.2 Å². The van der Waals surface area contributed by atoms with Crippen molar-refractivity contribution in [1.29, 1.82) is 0 Å². The van der Waals surface area contributed by atoms with Gasteiger partial charge in [0.1, 0.15) is 5.15 Å². The van der Waals surface area contributed by atoms with Gasteiger partial charge in [0.2, 0.25) is 0 Å². The van der Waals surface area contributed by atoms with Gasteiger partial charge in [0.05, 0.1) is 17.4 Å². The molecule has 6 nitrogen and oxygen atoms in total. The fourth-order valence-electron chi connectivity index (χ4n) is 2.02. The maximum absolute atomic E-state index is 12.3. The van der Waals surface area contributed by atoms with E-state index in [1.807, 2.05) is 6.92 Å². The minimum absolute atomic E-state index is 0.282. The van der Waals surface area contributed by atoms with E-state index in [1.165, 1.54) is 6.20 Å². The van der Waals surface area contributed by atoms with E-state index in [0.29, 0.717) is 21.9 Å². The molecule has 4 N–H and O–H groups in total. The van der Waals surface area contributed by atoms with E-state index in [2.05, 4.69) is 20.5 Å². The van der Waals surface area contributed by atoms with Crippen LogP contribution in [0.5, 0.6) is 0 Å². The maximum Gasteiger partial charge on any atom is 0.276 e. The Morgan fingerprint density at radius 1 is 1.38 bits per heavy atom. The SMILES string of the molecule is Cc1cc(NC(=O)c2n[nH]c3ccc(N)cc23)cnc1Cl. The van der Waals surface area contributed by atoms with E-state index >= 15 is 0 Å². The third kappa shape index (κ3) is 2.53. The summed E-state index contributed by atoms with van der Waals surface area (Å²) in [6.45, 7) is 1.82. The lowest BCUT2D eigenvalue weighted by atomic mass is 10.2. The molecule has 0 saturated carbocycles. The molecule has 0 aliphatic rings. The number of nitrogens with one attached hydrogen (secondary N) is 2. The fourth-order valence-corrected chi connectivity index (χ4v) is 2.12. The van der Waals surface area contributed by atoms with Gasteiger partial charge in [-0.1, -0.05) is 11.6 Å². The quantitative estimate of drug-likeness (QED) is 0.501. The van der Waals surface area contributed by atoms with Crippen LogP contribution in [0.25, 0.3) is 10.9 Å². The van der Waals surface area contributed by atoms with Gasteiger partial charge in [-0.25, -0.2) is 4.98 Å². The third-order valence-electron chi connectivity index (χ3n) is 3.07. The predicted octanol–water partition coefficient (Wildman–Crippen LogP) is 2.75.